The van der Waals surface area contributed by atoms with E-state index in [2.05, 4.69) is 4.57 Å². The molecule has 2 heterocycles. The fourth-order valence-electron chi connectivity index (χ4n) is 3.52. The Kier molecular flexibility index (Phi) is 5.20. The summed E-state index contributed by atoms with van der Waals surface area (Å²) in [6.07, 6.45) is 1.84. The number of aromatic nitrogens is 1. The molecule has 148 valence electrons. The highest BCUT2D eigenvalue weighted by Gasteiger charge is 2.35. The zero-order valence-corrected chi connectivity index (χ0v) is 17.5. The summed E-state index contributed by atoms with van der Waals surface area (Å²) in [6, 6.07) is 15.8. The predicted octanol–water partition coefficient (Wildman–Crippen LogP) is 4.91. The lowest BCUT2D eigenvalue weighted by Gasteiger charge is -2.13. The van der Waals surface area contributed by atoms with Crippen LogP contribution in [0.1, 0.15) is 16.8 Å². The molecular weight excluding hydrogens is 384 g/mol. The van der Waals surface area contributed by atoms with Gasteiger partial charge in [0.05, 0.1) is 11.4 Å². The van der Waals surface area contributed by atoms with Crippen molar-refractivity contribution in [2.24, 2.45) is 7.05 Å². The molecule has 29 heavy (non-hydrogen) atoms. The van der Waals surface area contributed by atoms with Gasteiger partial charge in [-0.25, -0.2) is 0 Å². The molecule has 1 fully saturated rings. The third-order valence-corrected chi connectivity index (χ3v) is 6.08. The van der Waals surface area contributed by atoms with Crippen molar-refractivity contribution in [3.05, 3.63) is 70.3 Å². The maximum atomic E-state index is 12.8. The van der Waals surface area contributed by atoms with Crippen LogP contribution in [0.25, 0.3) is 17.0 Å². The van der Waals surface area contributed by atoms with Crippen molar-refractivity contribution in [2.75, 3.05) is 13.2 Å². The second-order valence-corrected chi connectivity index (χ2v) is 8.07. The summed E-state index contributed by atoms with van der Waals surface area (Å²) >= 11 is 0.986. The van der Waals surface area contributed by atoms with E-state index in [4.69, 9.17) is 4.74 Å². The van der Waals surface area contributed by atoms with Gasteiger partial charge in [-0.1, -0.05) is 30.3 Å². The number of benzene rings is 2. The Morgan fingerprint density at radius 1 is 1.07 bits per heavy atom. The van der Waals surface area contributed by atoms with Crippen molar-refractivity contribution in [1.82, 2.24) is 9.47 Å². The van der Waals surface area contributed by atoms with Crippen molar-refractivity contribution < 1.29 is 14.3 Å². The zero-order chi connectivity index (χ0) is 20.5. The summed E-state index contributed by atoms with van der Waals surface area (Å²) in [5.74, 6) is 0.471. The molecule has 5 nitrogen and oxygen atoms in total. The van der Waals surface area contributed by atoms with Gasteiger partial charge >= 0.3 is 0 Å². The molecule has 0 N–H and O–H groups in total. The maximum Gasteiger partial charge on any atom is 0.293 e. The molecule has 0 aliphatic carbocycles. The van der Waals surface area contributed by atoms with Crippen LogP contribution in [-0.4, -0.2) is 33.8 Å². The molecule has 0 unspecified atom stereocenters. The van der Waals surface area contributed by atoms with Crippen molar-refractivity contribution in [3.8, 4) is 5.75 Å². The van der Waals surface area contributed by atoms with Gasteiger partial charge in [0.15, 0.2) is 0 Å². The minimum absolute atomic E-state index is 0.227. The highest BCUT2D eigenvalue weighted by Crippen LogP contribution is 2.35. The van der Waals surface area contributed by atoms with Crippen LogP contribution >= 0.6 is 11.8 Å². The van der Waals surface area contributed by atoms with Crippen LogP contribution in [0.3, 0.4) is 0 Å². The van der Waals surface area contributed by atoms with Gasteiger partial charge < -0.3 is 9.30 Å². The third kappa shape index (κ3) is 3.68. The molecule has 1 aliphatic rings. The van der Waals surface area contributed by atoms with Crippen LogP contribution in [0.4, 0.5) is 4.79 Å². The van der Waals surface area contributed by atoms with E-state index in [0.29, 0.717) is 4.91 Å². The standard InChI is InChI=1S/C23H22N2O3S/c1-15-7-6-8-17(13-15)28-12-11-25-22(26)21(29-23(25)27)14-19-16(2)24(3)20-10-5-4-9-18(19)20/h4-10,13-14H,11-12H2,1-3H3/b21-14-. The normalized spacial score (nSPS) is 15.7. The van der Waals surface area contributed by atoms with Gasteiger partial charge in [0.25, 0.3) is 11.1 Å². The maximum absolute atomic E-state index is 12.8. The van der Waals surface area contributed by atoms with Gasteiger partial charge in [-0.05, 0) is 55.4 Å². The lowest BCUT2D eigenvalue weighted by molar-refractivity contribution is -0.123. The SMILES string of the molecule is Cc1cccc(OCCN2C(=O)S/C(=C\c3c(C)n(C)c4ccccc34)C2=O)c1. The molecule has 0 bridgehead atoms. The van der Waals surface area contributed by atoms with E-state index in [1.807, 2.05) is 75.5 Å². The Balaban J connectivity index is 1.52. The van der Waals surface area contributed by atoms with Crippen molar-refractivity contribution >= 4 is 39.9 Å². The number of amides is 2. The van der Waals surface area contributed by atoms with Gasteiger partial charge in [-0.3, -0.25) is 14.5 Å². The average Bonchev–Trinajstić information content (AvgIpc) is 3.11. The molecule has 2 amide bonds. The van der Waals surface area contributed by atoms with Gasteiger partial charge in [0.2, 0.25) is 0 Å². The van der Waals surface area contributed by atoms with E-state index in [1.54, 1.807) is 0 Å². The largest absolute Gasteiger partial charge is 0.492 e. The molecule has 1 saturated heterocycles. The first kappa shape index (κ1) is 19.3. The minimum atomic E-state index is -0.264. The van der Waals surface area contributed by atoms with E-state index in [-0.39, 0.29) is 24.3 Å². The van der Waals surface area contributed by atoms with Crippen LogP contribution in [0, 0.1) is 13.8 Å². The van der Waals surface area contributed by atoms with E-state index in [0.717, 1.165) is 45.2 Å². The molecule has 1 aromatic heterocycles. The number of nitrogens with zero attached hydrogens (tertiary/aromatic N) is 2. The van der Waals surface area contributed by atoms with Crippen LogP contribution < -0.4 is 4.74 Å². The summed E-state index contributed by atoms with van der Waals surface area (Å²) in [5, 5.41) is 0.814. The molecule has 4 rings (SSSR count). The number of thioether (sulfide) groups is 1. The van der Waals surface area contributed by atoms with Crippen molar-refractivity contribution in [2.45, 2.75) is 13.8 Å². The Bertz CT molecular complexity index is 1150. The van der Waals surface area contributed by atoms with Crippen LogP contribution in [-0.2, 0) is 11.8 Å². The number of fused-ring (bicyclic) bond motifs is 1. The first-order valence-electron chi connectivity index (χ1n) is 9.44. The number of imide groups is 1. The van der Waals surface area contributed by atoms with Crippen molar-refractivity contribution in [3.63, 3.8) is 0 Å². The number of rotatable bonds is 5. The van der Waals surface area contributed by atoms with Gasteiger partial charge in [-0.2, -0.15) is 0 Å². The Labute approximate surface area is 173 Å². The summed E-state index contributed by atoms with van der Waals surface area (Å²) in [5.41, 5.74) is 4.23. The fraction of sp³-hybridized carbons (Fsp3) is 0.217. The Morgan fingerprint density at radius 2 is 1.86 bits per heavy atom. The molecule has 0 spiro atoms. The van der Waals surface area contributed by atoms with E-state index in [1.165, 1.54) is 4.90 Å². The number of carbonyl (C=O) groups excluding carboxylic acids is 2. The minimum Gasteiger partial charge on any atom is -0.492 e. The monoisotopic (exact) mass is 406 g/mol. The van der Waals surface area contributed by atoms with E-state index in [9.17, 15) is 9.59 Å². The quantitative estimate of drug-likeness (QED) is 0.565. The second kappa shape index (κ2) is 7.79. The molecule has 0 radical (unpaired) electrons. The third-order valence-electron chi connectivity index (χ3n) is 5.17. The van der Waals surface area contributed by atoms with Gasteiger partial charge in [0, 0.05) is 29.2 Å². The first-order valence-corrected chi connectivity index (χ1v) is 10.3. The first-order chi connectivity index (χ1) is 14.0. The number of hydrogen-bond acceptors (Lipinski definition) is 4. The molecular formula is C23H22N2O3S. The topological polar surface area (TPSA) is 51.5 Å². The van der Waals surface area contributed by atoms with E-state index < -0.39 is 0 Å². The van der Waals surface area contributed by atoms with E-state index >= 15 is 0 Å². The molecule has 0 atom stereocenters. The number of carbonyl (C=O) groups is 2. The highest BCUT2D eigenvalue weighted by atomic mass is 32.2. The predicted molar refractivity (Wildman–Crippen MR) is 117 cm³/mol. The summed E-state index contributed by atoms with van der Waals surface area (Å²) in [4.78, 5) is 26.9. The molecule has 3 aromatic rings. The lowest BCUT2D eigenvalue weighted by Crippen LogP contribution is -2.32. The fourth-order valence-corrected chi connectivity index (χ4v) is 4.36. The summed E-state index contributed by atoms with van der Waals surface area (Å²) < 4.78 is 7.80. The number of aryl methyl sites for hydroxylation is 2. The highest BCUT2D eigenvalue weighted by molar-refractivity contribution is 8.18. The number of hydrogen-bond donors (Lipinski definition) is 0. The number of para-hydroxylation sites is 1. The van der Waals surface area contributed by atoms with Gasteiger partial charge in [0.1, 0.15) is 12.4 Å². The molecule has 2 aromatic carbocycles. The Morgan fingerprint density at radius 3 is 2.66 bits per heavy atom. The average molecular weight is 407 g/mol. The number of ether oxygens (including phenoxy) is 1. The van der Waals surface area contributed by atoms with Gasteiger partial charge in [-0.15, -0.1) is 0 Å². The zero-order valence-electron chi connectivity index (χ0n) is 16.6. The second-order valence-electron chi connectivity index (χ2n) is 7.07. The van der Waals surface area contributed by atoms with Crippen LogP contribution in [0.2, 0.25) is 0 Å². The van der Waals surface area contributed by atoms with Crippen LogP contribution in [0.15, 0.2) is 53.4 Å². The van der Waals surface area contributed by atoms with Crippen LogP contribution in [0.5, 0.6) is 5.75 Å². The summed E-state index contributed by atoms with van der Waals surface area (Å²) in [7, 11) is 2.00. The Hall–Kier alpha value is -2.99. The molecule has 0 saturated carbocycles. The van der Waals surface area contributed by atoms with Crippen molar-refractivity contribution in [1.29, 1.82) is 0 Å². The lowest BCUT2D eigenvalue weighted by atomic mass is 10.1. The smallest absolute Gasteiger partial charge is 0.293 e. The molecule has 1 aliphatic heterocycles. The summed E-state index contributed by atoms with van der Waals surface area (Å²) in [6.45, 7) is 4.50. The molecule has 6 heteroatoms.